The maximum atomic E-state index is 12.9. The average Bonchev–Trinajstić information content (AvgIpc) is 3.40. The Kier molecular flexibility index (Phi) is 6.63. The highest BCUT2D eigenvalue weighted by Gasteiger charge is 2.32. The minimum Gasteiger partial charge on any atom is -0.337 e. The number of benzene rings is 1. The summed E-state index contributed by atoms with van der Waals surface area (Å²) in [4.78, 5) is 31.0. The third-order valence-corrected chi connectivity index (χ3v) is 5.28. The molecule has 0 aliphatic carbocycles. The third kappa shape index (κ3) is 5.60. The second kappa shape index (κ2) is 9.63. The van der Waals surface area contributed by atoms with Crippen molar-refractivity contribution in [3.63, 3.8) is 0 Å². The Morgan fingerprint density at radius 2 is 1.97 bits per heavy atom. The Morgan fingerprint density at radius 1 is 1.21 bits per heavy atom. The highest BCUT2D eigenvalue weighted by atomic mass is 19.4. The van der Waals surface area contributed by atoms with Gasteiger partial charge in [-0.15, -0.1) is 5.10 Å². The van der Waals surface area contributed by atoms with Crippen molar-refractivity contribution >= 4 is 17.6 Å². The number of aryl methyl sites for hydroxylation is 1. The van der Waals surface area contributed by atoms with E-state index in [1.54, 1.807) is 10.7 Å². The van der Waals surface area contributed by atoms with E-state index in [0.717, 1.165) is 5.56 Å². The molecule has 0 radical (unpaired) electrons. The molecule has 1 aliphatic rings. The number of likely N-dealkylation sites (N-methyl/N-ethyl adjacent to an activating group) is 1. The first-order chi connectivity index (χ1) is 16.2. The number of nitrogens with one attached hydrogen (secondary N) is 2. The number of anilines is 1. The summed E-state index contributed by atoms with van der Waals surface area (Å²) in [5, 5.41) is 13.4. The molecule has 4 rings (SSSR count). The van der Waals surface area contributed by atoms with Crippen LogP contribution in [-0.4, -0.2) is 62.2 Å². The van der Waals surface area contributed by atoms with Crippen LogP contribution >= 0.6 is 0 Å². The van der Waals surface area contributed by atoms with E-state index < -0.39 is 24.7 Å². The second-order valence-corrected chi connectivity index (χ2v) is 7.90. The summed E-state index contributed by atoms with van der Waals surface area (Å²) in [5.74, 6) is -0.553. The summed E-state index contributed by atoms with van der Waals surface area (Å²) in [6.45, 7) is -0.467. The van der Waals surface area contributed by atoms with E-state index in [1.165, 1.54) is 23.0 Å². The lowest BCUT2D eigenvalue weighted by Crippen LogP contribution is -2.47. The molecule has 2 N–H and O–H groups in total. The zero-order valence-electron chi connectivity index (χ0n) is 18.3. The molecule has 0 spiro atoms. The number of hydrogen-bond donors (Lipinski definition) is 2. The van der Waals surface area contributed by atoms with Crippen LogP contribution in [0.4, 0.5) is 19.0 Å². The molecule has 0 fully saturated rings. The minimum absolute atomic E-state index is 0.0496. The summed E-state index contributed by atoms with van der Waals surface area (Å²) in [5.41, 5.74) is 1.39. The van der Waals surface area contributed by atoms with Crippen LogP contribution in [0.15, 0.2) is 42.7 Å². The van der Waals surface area contributed by atoms with Gasteiger partial charge in [-0.05, 0) is 12.0 Å². The summed E-state index contributed by atoms with van der Waals surface area (Å²) in [6.07, 6.45) is -2.61. The topological polar surface area (TPSA) is 110 Å². The number of hydrogen-bond acceptors (Lipinski definition) is 6. The Hall–Kier alpha value is -3.74. The van der Waals surface area contributed by atoms with Gasteiger partial charge in [0.2, 0.25) is 5.82 Å². The van der Waals surface area contributed by atoms with Gasteiger partial charge < -0.3 is 10.6 Å². The van der Waals surface area contributed by atoms with E-state index in [-0.39, 0.29) is 24.7 Å². The molecule has 3 aromatic rings. The number of alkyl halides is 3. The molecular formula is C21H23F3N8O2. The molecule has 1 aromatic carbocycles. The Balaban J connectivity index is 1.37. The molecule has 10 nitrogen and oxygen atoms in total. The molecule has 180 valence electrons. The predicted molar refractivity (Wildman–Crippen MR) is 115 cm³/mol. The summed E-state index contributed by atoms with van der Waals surface area (Å²) >= 11 is 0. The summed E-state index contributed by atoms with van der Waals surface area (Å²) < 4.78 is 40.1. The largest absolute Gasteiger partial charge is 0.401 e. The van der Waals surface area contributed by atoms with Gasteiger partial charge in [0.25, 0.3) is 11.8 Å². The zero-order valence-corrected chi connectivity index (χ0v) is 18.3. The highest BCUT2D eigenvalue weighted by molar-refractivity contribution is 6.00. The van der Waals surface area contributed by atoms with Gasteiger partial charge in [0.1, 0.15) is 18.2 Å². The minimum atomic E-state index is -4.32. The quantitative estimate of drug-likeness (QED) is 0.533. The van der Waals surface area contributed by atoms with Gasteiger partial charge in [-0.3, -0.25) is 14.5 Å². The lowest BCUT2D eigenvalue weighted by atomic mass is 10.2. The van der Waals surface area contributed by atoms with E-state index in [4.69, 9.17) is 0 Å². The predicted octanol–water partition coefficient (Wildman–Crippen LogP) is 1.34. The maximum absolute atomic E-state index is 12.9. The third-order valence-electron chi connectivity index (χ3n) is 5.28. The van der Waals surface area contributed by atoms with Crippen molar-refractivity contribution in [2.24, 2.45) is 0 Å². The van der Waals surface area contributed by atoms with Gasteiger partial charge in [0.15, 0.2) is 0 Å². The molecule has 3 heterocycles. The van der Waals surface area contributed by atoms with Gasteiger partial charge in [0.05, 0.1) is 18.8 Å². The standard InChI is InChI=1S/C21H23F3N8O2/c1-30-17-9-15(10-25-12-21(22,23)24)28-32(17)8-7-16(20(30)34)27-19(33)18-26-13-31(29-18)11-14-5-3-2-4-6-14/h2-6,9,13,16,25H,7-8,10-12H2,1H3,(H,27,33)/t16-/m0/s1. The van der Waals surface area contributed by atoms with Crippen LogP contribution in [0.5, 0.6) is 0 Å². The van der Waals surface area contributed by atoms with Crippen molar-refractivity contribution in [3.8, 4) is 0 Å². The van der Waals surface area contributed by atoms with Crippen molar-refractivity contribution < 1.29 is 22.8 Å². The van der Waals surface area contributed by atoms with Crippen LogP contribution in [0.25, 0.3) is 0 Å². The van der Waals surface area contributed by atoms with E-state index in [0.29, 0.717) is 24.6 Å². The van der Waals surface area contributed by atoms with Crippen LogP contribution in [-0.2, 0) is 24.4 Å². The zero-order chi connectivity index (χ0) is 24.3. The van der Waals surface area contributed by atoms with Crippen LogP contribution in [0.3, 0.4) is 0 Å². The first kappa shape index (κ1) is 23.4. The van der Waals surface area contributed by atoms with Crippen molar-refractivity contribution in [1.29, 1.82) is 0 Å². The van der Waals surface area contributed by atoms with Gasteiger partial charge in [-0.2, -0.15) is 18.3 Å². The molecular weight excluding hydrogens is 453 g/mol. The van der Waals surface area contributed by atoms with Crippen molar-refractivity contribution in [2.45, 2.75) is 38.3 Å². The number of fused-ring (bicyclic) bond motifs is 1. The number of nitrogens with zero attached hydrogens (tertiary/aromatic N) is 6. The Bertz CT molecular complexity index is 1160. The Labute approximate surface area is 192 Å². The molecule has 0 unspecified atom stereocenters. The van der Waals surface area contributed by atoms with Gasteiger partial charge >= 0.3 is 6.18 Å². The molecule has 1 aliphatic heterocycles. The molecule has 1 atom stereocenters. The number of aromatic nitrogens is 5. The van der Waals surface area contributed by atoms with Gasteiger partial charge in [-0.1, -0.05) is 30.3 Å². The molecule has 0 saturated carbocycles. The van der Waals surface area contributed by atoms with E-state index in [9.17, 15) is 22.8 Å². The second-order valence-electron chi connectivity index (χ2n) is 7.90. The lowest BCUT2D eigenvalue weighted by Gasteiger charge is -2.19. The number of amides is 2. The fraction of sp³-hybridized carbons (Fsp3) is 0.381. The van der Waals surface area contributed by atoms with E-state index in [1.807, 2.05) is 30.3 Å². The smallest absolute Gasteiger partial charge is 0.337 e. The first-order valence-electron chi connectivity index (χ1n) is 10.6. The fourth-order valence-corrected chi connectivity index (χ4v) is 3.64. The highest BCUT2D eigenvalue weighted by Crippen LogP contribution is 2.21. The molecule has 13 heteroatoms. The van der Waals surface area contributed by atoms with Crippen LogP contribution in [0, 0.1) is 0 Å². The normalized spacial score (nSPS) is 16.3. The lowest BCUT2D eigenvalue weighted by molar-refractivity contribution is -0.125. The van der Waals surface area contributed by atoms with E-state index >= 15 is 0 Å². The van der Waals surface area contributed by atoms with Gasteiger partial charge in [-0.25, -0.2) is 14.3 Å². The molecule has 0 saturated heterocycles. The molecule has 2 aromatic heterocycles. The van der Waals surface area contributed by atoms with Crippen molar-refractivity contribution in [3.05, 3.63) is 59.8 Å². The number of halogens is 3. The van der Waals surface area contributed by atoms with Crippen molar-refractivity contribution in [1.82, 2.24) is 35.2 Å². The fourth-order valence-electron chi connectivity index (χ4n) is 3.64. The van der Waals surface area contributed by atoms with E-state index in [2.05, 4.69) is 25.8 Å². The number of carbonyl (C=O) groups is 2. The summed E-state index contributed by atoms with van der Waals surface area (Å²) in [7, 11) is 1.53. The maximum Gasteiger partial charge on any atom is 0.401 e. The number of rotatable bonds is 7. The average molecular weight is 476 g/mol. The van der Waals surface area contributed by atoms with Gasteiger partial charge in [0, 0.05) is 26.2 Å². The first-order valence-corrected chi connectivity index (χ1v) is 10.6. The van der Waals surface area contributed by atoms with Crippen molar-refractivity contribution in [2.75, 3.05) is 18.5 Å². The SMILES string of the molecule is CN1C(=O)[C@@H](NC(=O)c2ncn(Cc3ccccc3)n2)CCn2nc(CNCC(F)(F)F)cc21. The molecule has 0 bridgehead atoms. The molecule has 34 heavy (non-hydrogen) atoms. The number of carbonyl (C=O) groups excluding carboxylic acids is 2. The Morgan fingerprint density at radius 3 is 2.71 bits per heavy atom. The van der Waals surface area contributed by atoms with Crippen LogP contribution in [0.1, 0.15) is 28.3 Å². The molecule has 2 amide bonds. The monoisotopic (exact) mass is 476 g/mol. The van der Waals surface area contributed by atoms with Crippen LogP contribution < -0.4 is 15.5 Å². The van der Waals surface area contributed by atoms with Crippen LogP contribution in [0.2, 0.25) is 0 Å². The summed E-state index contributed by atoms with van der Waals surface area (Å²) in [6, 6.07) is 10.3.